The molecule has 1 N–H and O–H groups in total. The lowest BCUT2D eigenvalue weighted by molar-refractivity contribution is 0.0941. The molecular weight excluding hydrogens is 326 g/mol. The molecule has 1 fully saturated rings. The van der Waals surface area contributed by atoms with Crippen LogP contribution >= 0.6 is 15.9 Å². The van der Waals surface area contributed by atoms with E-state index in [2.05, 4.69) is 48.1 Å². The van der Waals surface area contributed by atoms with Crippen molar-refractivity contribution in [1.82, 2.24) is 5.32 Å². The van der Waals surface area contributed by atoms with Crippen molar-refractivity contribution in [1.29, 1.82) is 0 Å². The topological polar surface area (TPSA) is 29.1 Å². The zero-order valence-corrected chi connectivity index (χ0v) is 14.9. The summed E-state index contributed by atoms with van der Waals surface area (Å²) in [4.78, 5) is 13.1. The molecule has 0 radical (unpaired) electrons. The van der Waals surface area contributed by atoms with Crippen molar-refractivity contribution in [2.24, 2.45) is 5.92 Å². The molecule has 1 aromatic carbocycles. The first kappa shape index (κ1) is 16.5. The molecule has 116 valence electrons. The largest absolute Gasteiger partial charge is 0.352 e. The van der Waals surface area contributed by atoms with Crippen LogP contribution in [0.25, 0.3) is 0 Å². The third kappa shape index (κ3) is 4.57. The molecule has 3 heteroatoms. The molecule has 2 nitrogen and oxygen atoms in total. The summed E-state index contributed by atoms with van der Waals surface area (Å²) in [5.41, 5.74) is 1.92. The highest BCUT2D eigenvalue weighted by Gasteiger charge is 2.23. The SMILES string of the molecule is CC(C)(C)c1ccccc1C(=O)NCC1CCCC(Br)C1. The summed E-state index contributed by atoms with van der Waals surface area (Å²) in [6.07, 6.45) is 4.91. The highest BCUT2D eigenvalue weighted by molar-refractivity contribution is 9.09. The van der Waals surface area contributed by atoms with E-state index in [0.29, 0.717) is 10.7 Å². The Morgan fingerprint density at radius 2 is 2.00 bits per heavy atom. The zero-order valence-electron chi connectivity index (χ0n) is 13.3. The normalized spacial score (nSPS) is 22.9. The minimum atomic E-state index is -0.0142. The van der Waals surface area contributed by atoms with Gasteiger partial charge in [0.15, 0.2) is 0 Å². The van der Waals surface area contributed by atoms with E-state index in [1.807, 2.05) is 18.2 Å². The average Bonchev–Trinajstić information content (AvgIpc) is 2.44. The molecule has 0 heterocycles. The Kier molecular flexibility index (Phi) is 5.48. The third-order valence-corrected chi connectivity index (χ3v) is 5.08. The first-order chi connectivity index (χ1) is 9.88. The van der Waals surface area contributed by atoms with Gasteiger partial charge >= 0.3 is 0 Å². The molecule has 1 aliphatic rings. The second-order valence-electron chi connectivity index (χ2n) is 7.14. The van der Waals surface area contributed by atoms with Gasteiger partial charge in [-0.25, -0.2) is 0 Å². The zero-order chi connectivity index (χ0) is 15.5. The average molecular weight is 352 g/mol. The molecule has 1 saturated carbocycles. The second-order valence-corrected chi connectivity index (χ2v) is 8.43. The van der Waals surface area contributed by atoms with Crippen molar-refractivity contribution < 1.29 is 4.79 Å². The molecule has 1 amide bonds. The molecule has 0 aromatic heterocycles. The van der Waals surface area contributed by atoms with Crippen molar-refractivity contribution in [3.05, 3.63) is 35.4 Å². The molecule has 2 unspecified atom stereocenters. The maximum Gasteiger partial charge on any atom is 0.251 e. The fourth-order valence-corrected chi connectivity index (χ4v) is 3.93. The number of carbonyl (C=O) groups is 1. The Hall–Kier alpha value is -0.830. The Balaban J connectivity index is 2.01. The van der Waals surface area contributed by atoms with E-state index in [9.17, 15) is 4.79 Å². The van der Waals surface area contributed by atoms with Crippen LogP contribution in [0.5, 0.6) is 0 Å². The smallest absolute Gasteiger partial charge is 0.251 e. The van der Waals surface area contributed by atoms with Crippen LogP contribution < -0.4 is 5.32 Å². The Morgan fingerprint density at radius 1 is 1.29 bits per heavy atom. The first-order valence-electron chi connectivity index (χ1n) is 7.89. The molecule has 21 heavy (non-hydrogen) atoms. The highest BCUT2D eigenvalue weighted by atomic mass is 79.9. The number of halogens is 1. The van der Waals surface area contributed by atoms with Crippen molar-refractivity contribution >= 4 is 21.8 Å². The number of alkyl halides is 1. The van der Waals surface area contributed by atoms with Crippen LogP contribution in [0.1, 0.15) is 62.4 Å². The van der Waals surface area contributed by atoms with Crippen LogP contribution in [-0.2, 0) is 5.41 Å². The fourth-order valence-electron chi connectivity index (χ4n) is 3.08. The van der Waals surface area contributed by atoms with E-state index < -0.39 is 0 Å². The van der Waals surface area contributed by atoms with Gasteiger partial charge in [0.05, 0.1) is 0 Å². The standard InChI is InChI=1S/C18H26BrNO/c1-18(2,3)16-10-5-4-9-15(16)17(21)20-12-13-7-6-8-14(19)11-13/h4-5,9-10,13-14H,6-8,11-12H2,1-3H3,(H,20,21). The van der Waals surface area contributed by atoms with E-state index in [0.717, 1.165) is 17.7 Å². The summed E-state index contributed by atoms with van der Waals surface area (Å²) in [6.45, 7) is 7.24. The number of rotatable bonds is 3. The van der Waals surface area contributed by atoms with Crippen LogP contribution in [0.3, 0.4) is 0 Å². The number of carbonyl (C=O) groups excluding carboxylic acids is 1. The Morgan fingerprint density at radius 3 is 2.67 bits per heavy atom. The molecule has 1 aromatic rings. The molecule has 0 aliphatic heterocycles. The van der Waals surface area contributed by atoms with Gasteiger partial charge in [-0.2, -0.15) is 0 Å². The number of hydrogen-bond donors (Lipinski definition) is 1. The van der Waals surface area contributed by atoms with Gasteiger partial charge in [0.1, 0.15) is 0 Å². The van der Waals surface area contributed by atoms with Crippen molar-refractivity contribution in [3.63, 3.8) is 0 Å². The minimum absolute atomic E-state index is 0.0142. The number of nitrogens with one attached hydrogen (secondary N) is 1. The predicted molar refractivity (Wildman–Crippen MR) is 92.1 cm³/mol. The van der Waals surface area contributed by atoms with Gasteiger partial charge in [0, 0.05) is 16.9 Å². The summed E-state index contributed by atoms with van der Waals surface area (Å²) >= 11 is 3.71. The molecule has 0 saturated heterocycles. The van der Waals surface area contributed by atoms with Gasteiger partial charge in [-0.1, -0.05) is 61.3 Å². The van der Waals surface area contributed by atoms with Crippen LogP contribution in [0.15, 0.2) is 24.3 Å². The van der Waals surface area contributed by atoms with Gasteiger partial charge in [-0.05, 0) is 42.2 Å². The minimum Gasteiger partial charge on any atom is -0.352 e. The number of benzene rings is 1. The van der Waals surface area contributed by atoms with E-state index in [4.69, 9.17) is 0 Å². The van der Waals surface area contributed by atoms with Gasteiger partial charge in [0.2, 0.25) is 0 Å². The summed E-state index contributed by atoms with van der Waals surface area (Å²) in [5, 5.41) is 3.14. The Labute approximate surface area is 136 Å². The molecule has 2 atom stereocenters. The van der Waals surface area contributed by atoms with E-state index in [1.165, 1.54) is 25.7 Å². The quantitative estimate of drug-likeness (QED) is 0.787. The van der Waals surface area contributed by atoms with E-state index in [1.54, 1.807) is 0 Å². The molecule has 2 rings (SSSR count). The lowest BCUT2D eigenvalue weighted by Gasteiger charge is -2.26. The highest BCUT2D eigenvalue weighted by Crippen LogP contribution is 2.29. The van der Waals surface area contributed by atoms with Crippen LogP contribution in [-0.4, -0.2) is 17.3 Å². The maximum atomic E-state index is 12.5. The molecule has 1 aliphatic carbocycles. The number of hydrogen-bond acceptors (Lipinski definition) is 1. The van der Waals surface area contributed by atoms with Gasteiger partial charge in [-0.15, -0.1) is 0 Å². The van der Waals surface area contributed by atoms with E-state index >= 15 is 0 Å². The van der Waals surface area contributed by atoms with Crippen molar-refractivity contribution in [2.45, 2.75) is 56.7 Å². The third-order valence-electron chi connectivity index (χ3n) is 4.25. The van der Waals surface area contributed by atoms with Gasteiger partial charge in [-0.3, -0.25) is 4.79 Å². The maximum absolute atomic E-state index is 12.5. The number of amides is 1. The Bertz CT molecular complexity index is 492. The van der Waals surface area contributed by atoms with Gasteiger partial charge in [0.25, 0.3) is 5.91 Å². The molecular formula is C18H26BrNO. The first-order valence-corrected chi connectivity index (χ1v) is 8.81. The summed E-state index contributed by atoms with van der Waals surface area (Å²) in [7, 11) is 0. The summed E-state index contributed by atoms with van der Waals surface area (Å²) in [5.74, 6) is 0.672. The summed E-state index contributed by atoms with van der Waals surface area (Å²) in [6, 6.07) is 7.95. The lowest BCUT2D eigenvalue weighted by Crippen LogP contribution is -2.33. The fraction of sp³-hybridized carbons (Fsp3) is 0.611. The summed E-state index contributed by atoms with van der Waals surface area (Å²) < 4.78 is 0. The van der Waals surface area contributed by atoms with Gasteiger partial charge < -0.3 is 5.32 Å². The van der Waals surface area contributed by atoms with Crippen molar-refractivity contribution in [3.8, 4) is 0 Å². The lowest BCUT2D eigenvalue weighted by atomic mass is 9.83. The van der Waals surface area contributed by atoms with Crippen molar-refractivity contribution in [2.75, 3.05) is 6.54 Å². The molecule has 0 spiro atoms. The van der Waals surface area contributed by atoms with E-state index in [-0.39, 0.29) is 11.3 Å². The van der Waals surface area contributed by atoms with Crippen LogP contribution in [0.4, 0.5) is 0 Å². The predicted octanol–water partition coefficient (Wildman–Crippen LogP) is 4.67. The monoisotopic (exact) mass is 351 g/mol. The van der Waals surface area contributed by atoms with Crippen LogP contribution in [0, 0.1) is 5.92 Å². The van der Waals surface area contributed by atoms with Crippen LogP contribution in [0.2, 0.25) is 0 Å². The second kappa shape index (κ2) is 6.95. The molecule has 0 bridgehead atoms.